The number of sulfonamides is 1. The van der Waals surface area contributed by atoms with E-state index in [1.807, 2.05) is 0 Å². The summed E-state index contributed by atoms with van der Waals surface area (Å²) >= 11 is 5.84. The van der Waals surface area contributed by atoms with E-state index in [2.05, 4.69) is 5.32 Å². The SMILES string of the molecule is COc1cccc(NC(=O)[C@H]2CCCN(S(=O)(=O)c3ccc(Cl)cc3)C2)c1. The van der Waals surface area contributed by atoms with Gasteiger partial charge in [0, 0.05) is 29.9 Å². The quantitative estimate of drug-likeness (QED) is 0.822. The zero-order valence-corrected chi connectivity index (χ0v) is 16.5. The van der Waals surface area contributed by atoms with Crippen LogP contribution >= 0.6 is 11.6 Å². The van der Waals surface area contributed by atoms with Crippen LogP contribution in [0.1, 0.15) is 12.8 Å². The van der Waals surface area contributed by atoms with Gasteiger partial charge in [-0.25, -0.2) is 8.42 Å². The van der Waals surface area contributed by atoms with Gasteiger partial charge >= 0.3 is 0 Å². The Bertz CT molecular complexity index is 916. The molecular formula is C19H21ClN2O4S. The van der Waals surface area contributed by atoms with Crippen LogP contribution in [0.25, 0.3) is 0 Å². The van der Waals surface area contributed by atoms with Crippen molar-refractivity contribution < 1.29 is 17.9 Å². The van der Waals surface area contributed by atoms with Crippen LogP contribution < -0.4 is 10.1 Å². The van der Waals surface area contributed by atoms with E-state index in [4.69, 9.17) is 16.3 Å². The van der Waals surface area contributed by atoms with Gasteiger partial charge in [-0.2, -0.15) is 4.31 Å². The van der Waals surface area contributed by atoms with E-state index in [-0.39, 0.29) is 17.3 Å². The lowest BCUT2D eigenvalue weighted by Gasteiger charge is -2.31. The number of halogens is 1. The molecule has 1 saturated heterocycles. The lowest BCUT2D eigenvalue weighted by molar-refractivity contribution is -0.120. The van der Waals surface area contributed by atoms with E-state index >= 15 is 0 Å². The number of hydrogen-bond acceptors (Lipinski definition) is 4. The van der Waals surface area contributed by atoms with Gasteiger partial charge in [-0.05, 0) is 49.2 Å². The lowest BCUT2D eigenvalue weighted by Crippen LogP contribution is -2.43. The smallest absolute Gasteiger partial charge is 0.243 e. The van der Waals surface area contributed by atoms with Crippen molar-refractivity contribution >= 4 is 33.2 Å². The Morgan fingerprint density at radius 1 is 1.22 bits per heavy atom. The third kappa shape index (κ3) is 4.61. The van der Waals surface area contributed by atoms with Crippen molar-refractivity contribution in [3.63, 3.8) is 0 Å². The van der Waals surface area contributed by atoms with Gasteiger partial charge in [-0.15, -0.1) is 0 Å². The molecule has 0 unspecified atom stereocenters. The van der Waals surface area contributed by atoms with Gasteiger partial charge in [0.2, 0.25) is 15.9 Å². The molecule has 27 heavy (non-hydrogen) atoms. The first-order chi connectivity index (χ1) is 12.9. The molecule has 0 aromatic heterocycles. The number of carbonyl (C=O) groups is 1. The van der Waals surface area contributed by atoms with E-state index in [1.165, 1.54) is 16.4 Å². The molecule has 0 aliphatic carbocycles. The summed E-state index contributed by atoms with van der Waals surface area (Å²) in [7, 11) is -2.10. The molecule has 0 bridgehead atoms. The van der Waals surface area contributed by atoms with Gasteiger partial charge < -0.3 is 10.1 Å². The summed E-state index contributed by atoms with van der Waals surface area (Å²) in [5.74, 6) is 0.0367. The molecule has 8 heteroatoms. The van der Waals surface area contributed by atoms with Gasteiger partial charge in [-0.3, -0.25) is 4.79 Å². The molecule has 1 aliphatic heterocycles. The number of benzene rings is 2. The minimum Gasteiger partial charge on any atom is -0.497 e. The van der Waals surface area contributed by atoms with Crippen LogP contribution in [0.15, 0.2) is 53.4 Å². The maximum atomic E-state index is 12.8. The fraction of sp³-hybridized carbons (Fsp3) is 0.316. The molecule has 0 radical (unpaired) electrons. The summed E-state index contributed by atoms with van der Waals surface area (Å²) < 4.78 is 32.2. The summed E-state index contributed by atoms with van der Waals surface area (Å²) in [6.45, 7) is 0.550. The molecule has 1 fully saturated rings. The number of ether oxygens (including phenoxy) is 1. The highest BCUT2D eigenvalue weighted by atomic mass is 35.5. The van der Waals surface area contributed by atoms with Crippen molar-refractivity contribution in [2.45, 2.75) is 17.7 Å². The highest BCUT2D eigenvalue weighted by molar-refractivity contribution is 7.89. The van der Waals surface area contributed by atoms with Gasteiger partial charge in [0.25, 0.3) is 0 Å². The monoisotopic (exact) mass is 408 g/mol. The van der Waals surface area contributed by atoms with Crippen LogP contribution in [0, 0.1) is 5.92 Å². The molecule has 1 atom stereocenters. The number of nitrogens with one attached hydrogen (secondary N) is 1. The molecule has 6 nitrogen and oxygen atoms in total. The number of carbonyl (C=O) groups excluding carboxylic acids is 1. The maximum absolute atomic E-state index is 12.8. The molecular weight excluding hydrogens is 388 g/mol. The second-order valence-electron chi connectivity index (χ2n) is 6.38. The van der Waals surface area contributed by atoms with Crippen LogP contribution in [0.3, 0.4) is 0 Å². The van der Waals surface area contributed by atoms with Gasteiger partial charge in [-0.1, -0.05) is 17.7 Å². The topological polar surface area (TPSA) is 75.7 Å². The second kappa shape index (κ2) is 8.29. The number of rotatable bonds is 5. The highest BCUT2D eigenvalue weighted by Gasteiger charge is 2.33. The third-order valence-electron chi connectivity index (χ3n) is 4.54. The summed E-state index contributed by atoms with van der Waals surface area (Å²) in [6.07, 6.45) is 1.27. The van der Waals surface area contributed by atoms with Crippen LogP contribution in [-0.4, -0.2) is 38.8 Å². The van der Waals surface area contributed by atoms with Crippen molar-refractivity contribution in [1.82, 2.24) is 4.31 Å². The van der Waals surface area contributed by atoms with Crippen molar-refractivity contribution in [1.29, 1.82) is 0 Å². The van der Waals surface area contributed by atoms with Gasteiger partial charge in [0.15, 0.2) is 0 Å². The summed E-state index contributed by atoms with van der Waals surface area (Å²) in [4.78, 5) is 12.8. The third-order valence-corrected chi connectivity index (χ3v) is 6.67. The Morgan fingerprint density at radius 2 is 1.96 bits per heavy atom. The zero-order valence-electron chi connectivity index (χ0n) is 14.9. The lowest BCUT2D eigenvalue weighted by atomic mass is 9.98. The first-order valence-corrected chi connectivity index (χ1v) is 10.4. The average Bonchev–Trinajstić information content (AvgIpc) is 2.68. The normalized spacial score (nSPS) is 18.1. The number of anilines is 1. The minimum atomic E-state index is -3.65. The molecule has 0 saturated carbocycles. The summed E-state index contributed by atoms with van der Waals surface area (Å²) in [5.41, 5.74) is 0.622. The minimum absolute atomic E-state index is 0.154. The molecule has 1 aliphatic rings. The van der Waals surface area contributed by atoms with Crippen molar-refractivity contribution in [3.8, 4) is 5.75 Å². The molecule has 2 aromatic carbocycles. The second-order valence-corrected chi connectivity index (χ2v) is 8.75. The van der Waals surface area contributed by atoms with E-state index in [9.17, 15) is 13.2 Å². The van der Waals surface area contributed by atoms with Crippen LogP contribution in [0.2, 0.25) is 5.02 Å². The molecule has 1 N–H and O–H groups in total. The molecule has 3 rings (SSSR count). The Hall–Kier alpha value is -2.09. The van der Waals surface area contributed by atoms with Gasteiger partial charge in [0.05, 0.1) is 17.9 Å². The fourth-order valence-electron chi connectivity index (χ4n) is 3.08. The standard InChI is InChI=1S/C19H21ClN2O4S/c1-26-17-6-2-5-16(12-17)21-19(23)14-4-3-11-22(13-14)27(24,25)18-9-7-15(20)8-10-18/h2,5-10,12,14H,3-4,11,13H2,1H3,(H,21,23)/t14-/m0/s1. The molecule has 0 spiro atoms. The van der Waals surface area contributed by atoms with Crippen molar-refractivity contribution in [2.75, 3.05) is 25.5 Å². The maximum Gasteiger partial charge on any atom is 0.243 e. The van der Waals surface area contributed by atoms with Crippen molar-refractivity contribution in [2.24, 2.45) is 5.92 Å². The number of nitrogens with zero attached hydrogens (tertiary/aromatic N) is 1. The first kappa shape index (κ1) is 19.7. The Labute approximate surface area is 164 Å². The Morgan fingerprint density at radius 3 is 2.67 bits per heavy atom. The highest BCUT2D eigenvalue weighted by Crippen LogP contribution is 2.26. The number of amides is 1. The zero-order chi connectivity index (χ0) is 19.4. The predicted molar refractivity (Wildman–Crippen MR) is 105 cm³/mol. The van der Waals surface area contributed by atoms with Gasteiger partial charge in [0.1, 0.15) is 5.75 Å². The van der Waals surface area contributed by atoms with E-state index in [0.29, 0.717) is 35.8 Å². The molecule has 2 aromatic rings. The summed E-state index contributed by atoms with van der Waals surface area (Å²) in [5, 5.41) is 3.32. The summed E-state index contributed by atoms with van der Waals surface area (Å²) in [6, 6.07) is 13.1. The number of methoxy groups -OCH3 is 1. The average molecular weight is 409 g/mol. The van der Waals surface area contributed by atoms with E-state index < -0.39 is 15.9 Å². The predicted octanol–water partition coefficient (Wildman–Crippen LogP) is 3.39. The number of hydrogen-bond donors (Lipinski definition) is 1. The molecule has 1 amide bonds. The largest absolute Gasteiger partial charge is 0.497 e. The van der Waals surface area contributed by atoms with E-state index in [0.717, 1.165) is 0 Å². The number of piperidine rings is 1. The fourth-order valence-corrected chi connectivity index (χ4v) is 4.73. The van der Waals surface area contributed by atoms with Crippen molar-refractivity contribution in [3.05, 3.63) is 53.6 Å². The molecule has 144 valence electrons. The van der Waals surface area contributed by atoms with E-state index in [1.54, 1.807) is 43.5 Å². The van der Waals surface area contributed by atoms with Crippen LogP contribution in [0.5, 0.6) is 5.75 Å². The Balaban J connectivity index is 1.71. The first-order valence-electron chi connectivity index (χ1n) is 8.61. The van der Waals surface area contributed by atoms with Crippen LogP contribution in [0.4, 0.5) is 5.69 Å². The Kier molecular flexibility index (Phi) is 6.04. The van der Waals surface area contributed by atoms with Crippen LogP contribution in [-0.2, 0) is 14.8 Å². The molecule has 1 heterocycles.